The van der Waals surface area contributed by atoms with Gasteiger partial charge in [0.05, 0.1) is 0 Å². The molecule has 0 aromatic carbocycles. The van der Waals surface area contributed by atoms with E-state index in [1.807, 2.05) is 41.5 Å². The Morgan fingerprint density at radius 2 is 1.50 bits per heavy atom. The highest BCUT2D eigenvalue weighted by molar-refractivity contribution is 5.89. The zero-order valence-corrected chi connectivity index (χ0v) is 11.6. The van der Waals surface area contributed by atoms with Crippen LogP contribution in [0.15, 0.2) is 0 Å². The van der Waals surface area contributed by atoms with Gasteiger partial charge in [0.2, 0.25) is 5.91 Å². The van der Waals surface area contributed by atoms with E-state index in [1.165, 1.54) is 0 Å². The fraction of sp³-hybridized carbons (Fsp3) is 0.846. The first-order valence-corrected chi connectivity index (χ1v) is 5.79. The number of rotatable bonds is 3. The van der Waals surface area contributed by atoms with Crippen molar-refractivity contribution in [2.24, 2.45) is 11.3 Å². The van der Waals surface area contributed by atoms with E-state index in [2.05, 4.69) is 5.32 Å². The summed E-state index contributed by atoms with van der Waals surface area (Å²) in [6.45, 7) is 13.2. The van der Waals surface area contributed by atoms with Gasteiger partial charge in [-0.1, -0.05) is 27.7 Å². The molecule has 3 heteroatoms. The normalized spacial score (nSPS) is 14.4. The molecule has 0 rings (SSSR count). The lowest BCUT2D eigenvalue weighted by atomic mass is 9.85. The zero-order valence-electron chi connectivity index (χ0n) is 11.6. The first-order valence-electron chi connectivity index (χ1n) is 5.79. The van der Waals surface area contributed by atoms with Gasteiger partial charge in [-0.15, -0.1) is 0 Å². The minimum absolute atomic E-state index is 0.0508. The van der Waals surface area contributed by atoms with Gasteiger partial charge in [0.15, 0.2) is 0 Å². The molecule has 94 valence electrons. The van der Waals surface area contributed by atoms with Crippen LogP contribution in [-0.2, 0) is 9.59 Å². The lowest BCUT2D eigenvalue weighted by Crippen LogP contribution is -2.44. The predicted octanol–water partition coefficient (Wildman–Crippen LogP) is 2.54. The fourth-order valence-electron chi connectivity index (χ4n) is 1.17. The quantitative estimate of drug-likeness (QED) is 0.805. The molecule has 0 bridgehead atoms. The van der Waals surface area contributed by atoms with E-state index in [4.69, 9.17) is 0 Å². The van der Waals surface area contributed by atoms with Gasteiger partial charge in [0.1, 0.15) is 5.78 Å². The highest BCUT2D eigenvalue weighted by Gasteiger charge is 2.27. The molecule has 0 aliphatic rings. The summed E-state index contributed by atoms with van der Waals surface area (Å²) in [5.41, 5.74) is -0.605. The first-order chi connectivity index (χ1) is 6.93. The molecule has 0 radical (unpaired) electrons. The SMILES string of the molecule is CC(CC(=O)C(C)(C)C)C(=O)NC(C)(C)C. The first kappa shape index (κ1) is 15.1. The number of Topliss-reactive ketones (excluding diaryl/α,β-unsaturated/α-hetero) is 1. The van der Waals surface area contributed by atoms with E-state index in [-0.39, 0.29) is 28.6 Å². The molecule has 0 aliphatic heterocycles. The summed E-state index contributed by atoms with van der Waals surface area (Å²) in [5.74, 6) is -0.180. The van der Waals surface area contributed by atoms with Crippen LogP contribution in [0, 0.1) is 11.3 Å². The Hall–Kier alpha value is -0.860. The van der Waals surface area contributed by atoms with Crippen LogP contribution in [0.2, 0.25) is 0 Å². The van der Waals surface area contributed by atoms with E-state index >= 15 is 0 Å². The summed E-state index contributed by atoms with van der Waals surface area (Å²) in [6.07, 6.45) is 0.311. The van der Waals surface area contributed by atoms with Crippen LogP contribution in [0.1, 0.15) is 54.9 Å². The number of carbonyl (C=O) groups is 2. The van der Waals surface area contributed by atoms with Gasteiger partial charge in [0, 0.05) is 23.3 Å². The summed E-state index contributed by atoms with van der Waals surface area (Å²) in [5, 5.41) is 2.88. The molecular formula is C13H25NO2. The second-order valence-electron chi connectivity index (χ2n) is 6.52. The van der Waals surface area contributed by atoms with Crippen LogP contribution in [0.4, 0.5) is 0 Å². The molecule has 1 unspecified atom stereocenters. The molecule has 0 fully saturated rings. The minimum Gasteiger partial charge on any atom is -0.351 e. The second-order valence-corrected chi connectivity index (χ2v) is 6.52. The second kappa shape index (κ2) is 4.98. The van der Waals surface area contributed by atoms with E-state index in [0.29, 0.717) is 6.42 Å². The van der Waals surface area contributed by atoms with Crippen molar-refractivity contribution in [1.29, 1.82) is 0 Å². The van der Waals surface area contributed by atoms with Gasteiger partial charge in [-0.3, -0.25) is 9.59 Å². The molecule has 0 saturated heterocycles. The number of amides is 1. The monoisotopic (exact) mass is 227 g/mol. The number of carbonyl (C=O) groups excluding carboxylic acids is 2. The number of nitrogens with one attached hydrogen (secondary N) is 1. The van der Waals surface area contributed by atoms with Crippen LogP contribution >= 0.6 is 0 Å². The summed E-state index contributed by atoms with van der Waals surface area (Å²) in [7, 11) is 0. The van der Waals surface area contributed by atoms with E-state index in [0.717, 1.165) is 0 Å². The summed E-state index contributed by atoms with van der Waals surface area (Å²) in [6, 6.07) is 0. The summed E-state index contributed by atoms with van der Waals surface area (Å²) >= 11 is 0. The molecule has 1 amide bonds. The lowest BCUT2D eigenvalue weighted by molar-refractivity contribution is -0.133. The van der Waals surface area contributed by atoms with Gasteiger partial charge < -0.3 is 5.32 Å². The van der Waals surface area contributed by atoms with Crippen molar-refractivity contribution >= 4 is 11.7 Å². The van der Waals surface area contributed by atoms with E-state index in [9.17, 15) is 9.59 Å². The molecule has 0 heterocycles. The average Bonchev–Trinajstić information content (AvgIpc) is 1.98. The average molecular weight is 227 g/mol. The number of ketones is 1. The van der Waals surface area contributed by atoms with Crippen LogP contribution in [0.3, 0.4) is 0 Å². The van der Waals surface area contributed by atoms with Crippen LogP contribution in [0.5, 0.6) is 0 Å². The zero-order chi connectivity index (χ0) is 13.1. The van der Waals surface area contributed by atoms with Gasteiger partial charge in [-0.25, -0.2) is 0 Å². The van der Waals surface area contributed by atoms with Crippen LogP contribution < -0.4 is 5.32 Å². The number of hydrogen-bond acceptors (Lipinski definition) is 2. The van der Waals surface area contributed by atoms with Crippen molar-refractivity contribution in [1.82, 2.24) is 5.32 Å². The van der Waals surface area contributed by atoms with E-state index in [1.54, 1.807) is 6.92 Å². The van der Waals surface area contributed by atoms with Gasteiger partial charge in [0.25, 0.3) is 0 Å². The lowest BCUT2D eigenvalue weighted by Gasteiger charge is -2.24. The minimum atomic E-state index is -0.365. The third-order valence-electron chi connectivity index (χ3n) is 2.27. The highest BCUT2D eigenvalue weighted by atomic mass is 16.2. The molecule has 3 nitrogen and oxygen atoms in total. The fourth-order valence-corrected chi connectivity index (χ4v) is 1.17. The maximum absolute atomic E-state index is 11.8. The molecule has 16 heavy (non-hydrogen) atoms. The van der Waals surface area contributed by atoms with Gasteiger partial charge in [-0.05, 0) is 20.8 Å². The summed E-state index contributed by atoms with van der Waals surface area (Å²) in [4.78, 5) is 23.5. The van der Waals surface area contributed by atoms with Crippen LogP contribution in [0.25, 0.3) is 0 Å². The van der Waals surface area contributed by atoms with E-state index < -0.39 is 0 Å². The van der Waals surface area contributed by atoms with Crippen molar-refractivity contribution in [3.8, 4) is 0 Å². The van der Waals surface area contributed by atoms with Gasteiger partial charge in [-0.2, -0.15) is 0 Å². The third kappa shape index (κ3) is 5.89. The molecule has 1 atom stereocenters. The Labute approximate surface area is 99.0 Å². The molecule has 0 spiro atoms. The summed E-state index contributed by atoms with van der Waals surface area (Å²) < 4.78 is 0. The third-order valence-corrected chi connectivity index (χ3v) is 2.27. The molecular weight excluding hydrogens is 202 g/mol. The van der Waals surface area contributed by atoms with Crippen molar-refractivity contribution in [2.45, 2.75) is 60.4 Å². The van der Waals surface area contributed by atoms with Crippen molar-refractivity contribution in [3.05, 3.63) is 0 Å². The Morgan fingerprint density at radius 1 is 1.06 bits per heavy atom. The Kier molecular flexibility index (Phi) is 4.71. The topological polar surface area (TPSA) is 46.2 Å². The maximum atomic E-state index is 11.8. The largest absolute Gasteiger partial charge is 0.351 e. The molecule has 1 N–H and O–H groups in total. The smallest absolute Gasteiger partial charge is 0.223 e. The highest BCUT2D eigenvalue weighted by Crippen LogP contribution is 2.20. The van der Waals surface area contributed by atoms with Crippen molar-refractivity contribution in [3.63, 3.8) is 0 Å². The number of hydrogen-bond donors (Lipinski definition) is 1. The molecule has 0 aromatic rings. The van der Waals surface area contributed by atoms with Crippen molar-refractivity contribution in [2.75, 3.05) is 0 Å². The van der Waals surface area contributed by atoms with Gasteiger partial charge >= 0.3 is 0 Å². The standard InChI is InChI=1S/C13H25NO2/c1-9(8-10(15)12(2,3)4)11(16)14-13(5,6)7/h9H,8H2,1-7H3,(H,14,16). The van der Waals surface area contributed by atoms with Crippen molar-refractivity contribution < 1.29 is 9.59 Å². The molecule has 0 saturated carbocycles. The Morgan fingerprint density at radius 3 is 1.81 bits per heavy atom. The van der Waals surface area contributed by atoms with Crippen LogP contribution in [-0.4, -0.2) is 17.2 Å². The predicted molar refractivity (Wildman–Crippen MR) is 66.1 cm³/mol. The molecule has 0 aromatic heterocycles. The molecule has 0 aliphatic carbocycles. The Balaban J connectivity index is 4.33. The maximum Gasteiger partial charge on any atom is 0.223 e. The Bertz CT molecular complexity index is 269.